The van der Waals surface area contributed by atoms with E-state index in [1.54, 1.807) is 0 Å². The fourth-order valence-electron chi connectivity index (χ4n) is 2.61. The molecule has 2 fully saturated rings. The van der Waals surface area contributed by atoms with Crippen LogP contribution in [0.15, 0.2) is 0 Å². The molecule has 0 radical (unpaired) electrons. The van der Waals surface area contributed by atoms with Gasteiger partial charge in [0.05, 0.1) is 0 Å². The first-order valence-corrected chi connectivity index (χ1v) is 8.18. The van der Waals surface area contributed by atoms with Crippen LogP contribution in [0.4, 0.5) is 10.9 Å². The Labute approximate surface area is 123 Å². The second-order valence-electron chi connectivity index (χ2n) is 6.20. The molecule has 1 aromatic heterocycles. The first kappa shape index (κ1) is 13.7. The minimum atomic E-state index is 0.0481. The Bertz CT molecular complexity index is 509. The normalized spacial score (nSPS) is 22.6. The van der Waals surface area contributed by atoms with Gasteiger partial charge < -0.3 is 16.0 Å². The Morgan fingerprint density at radius 1 is 1.45 bits per heavy atom. The zero-order valence-electron chi connectivity index (χ0n) is 12.1. The maximum absolute atomic E-state index is 12.5. The van der Waals surface area contributed by atoms with Crippen molar-refractivity contribution in [3.8, 4) is 0 Å². The highest BCUT2D eigenvalue weighted by Crippen LogP contribution is 2.32. The number of anilines is 2. The largest absolute Gasteiger partial charge is 0.382 e. The van der Waals surface area contributed by atoms with Gasteiger partial charge in [0.1, 0.15) is 10.7 Å². The van der Waals surface area contributed by atoms with E-state index >= 15 is 0 Å². The third-order valence-electron chi connectivity index (χ3n) is 4.21. The van der Waals surface area contributed by atoms with Crippen molar-refractivity contribution in [3.05, 3.63) is 4.88 Å². The van der Waals surface area contributed by atoms with Gasteiger partial charge in [-0.1, -0.05) is 25.2 Å². The van der Waals surface area contributed by atoms with E-state index in [0.29, 0.717) is 28.6 Å². The summed E-state index contributed by atoms with van der Waals surface area (Å²) in [7, 11) is 0. The molecule has 1 aromatic rings. The van der Waals surface area contributed by atoms with Crippen molar-refractivity contribution >= 4 is 28.2 Å². The van der Waals surface area contributed by atoms with Gasteiger partial charge in [0.25, 0.3) is 5.91 Å². The summed E-state index contributed by atoms with van der Waals surface area (Å²) in [6, 6.07) is 0.528. The number of likely N-dealkylation sites (tertiary alicyclic amines) is 1. The zero-order valence-corrected chi connectivity index (χ0v) is 12.9. The molecular weight excluding hydrogens is 272 g/mol. The highest BCUT2D eigenvalue weighted by Gasteiger charge is 2.31. The van der Waals surface area contributed by atoms with Crippen LogP contribution in [0.1, 0.15) is 42.8 Å². The van der Waals surface area contributed by atoms with Crippen molar-refractivity contribution in [1.82, 2.24) is 9.88 Å². The molecule has 2 heterocycles. The molecule has 6 heteroatoms. The van der Waals surface area contributed by atoms with Crippen LogP contribution < -0.4 is 11.1 Å². The summed E-state index contributed by atoms with van der Waals surface area (Å²) in [5.41, 5.74) is 5.91. The first-order valence-electron chi connectivity index (χ1n) is 7.36. The molecule has 5 nitrogen and oxygen atoms in total. The third kappa shape index (κ3) is 2.75. The lowest BCUT2D eigenvalue weighted by Crippen LogP contribution is -2.29. The molecule has 0 bridgehead atoms. The monoisotopic (exact) mass is 294 g/mol. The molecule has 1 aliphatic carbocycles. The van der Waals surface area contributed by atoms with Crippen LogP contribution in [-0.2, 0) is 0 Å². The van der Waals surface area contributed by atoms with E-state index in [-0.39, 0.29) is 5.91 Å². The lowest BCUT2D eigenvalue weighted by atomic mass is 9.95. The van der Waals surface area contributed by atoms with Gasteiger partial charge in [-0.05, 0) is 31.1 Å². The number of hydrogen-bond donors (Lipinski definition) is 2. The smallest absolute Gasteiger partial charge is 0.267 e. The summed E-state index contributed by atoms with van der Waals surface area (Å²) < 4.78 is 0. The number of nitrogen functional groups attached to an aromatic ring is 1. The van der Waals surface area contributed by atoms with E-state index in [0.717, 1.165) is 24.6 Å². The van der Waals surface area contributed by atoms with E-state index in [1.165, 1.54) is 24.2 Å². The quantitative estimate of drug-likeness (QED) is 0.894. The molecule has 1 aliphatic heterocycles. The number of thiazole rings is 1. The highest BCUT2D eigenvalue weighted by molar-refractivity contribution is 7.18. The highest BCUT2D eigenvalue weighted by atomic mass is 32.1. The summed E-state index contributed by atoms with van der Waals surface area (Å²) in [5, 5.41) is 4.09. The van der Waals surface area contributed by atoms with E-state index in [2.05, 4.69) is 24.1 Å². The molecule has 1 atom stereocenters. The van der Waals surface area contributed by atoms with E-state index in [1.807, 2.05) is 4.90 Å². The first-order chi connectivity index (χ1) is 9.54. The van der Waals surface area contributed by atoms with E-state index in [9.17, 15) is 4.79 Å². The maximum Gasteiger partial charge on any atom is 0.267 e. The number of carbonyl (C=O) groups is 1. The van der Waals surface area contributed by atoms with Gasteiger partial charge in [-0.25, -0.2) is 4.98 Å². The van der Waals surface area contributed by atoms with E-state index in [4.69, 9.17) is 5.73 Å². The van der Waals surface area contributed by atoms with Crippen molar-refractivity contribution in [2.24, 2.45) is 11.8 Å². The average molecular weight is 294 g/mol. The van der Waals surface area contributed by atoms with Crippen molar-refractivity contribution in [2.45, 2.75) is 39.2 Å². The minimum Gasteiger partial charge on any atom is -0.382 e. The van der Waals surface area contributed by atoms with Gasteiger partial charge >= 0.3 is 0 Å². The predicted molar refractivity (Wildman–Crippen MR) is 82.0 cm³/mol. The van der Waals surface area contributed by atoms with E-state index < -0.39 is 0 Å². The molecule has 0 aromatic carbocycles. The lowest BCUT2D eigenvalue weighted by molar-refractivity contribution is 0.0789. The number of nitrogens with two attached hydrogens (primary N) is 1. The molecule has 3 rings (SSSR count). The molecule has 110 valence electrons. The van der Waals surface area contributed by atoms with Gasteiger partial charge in [-0.15, -0.1) is 0 Å². The van der Waals surface area contributed by atoms with Crippen LogP contribution in [0.2, 0.25) is 0 Å². The van der Waals surface area contributed by atoms with Gasteiger partial charge in [0.15, 0.2) is 5.13 Å². The molecule has 2 aliphatic rings. The number of rotatable bonds is 4. The van der Waals surface area contributed by atoms with Crippen molar-refractivity contribution in [2.75, 3.05) is 24.1 Å². The lowest BCUT2D eigenvalue weighted by Gasteiger charge is -2.17. The summed E-state index contributed by atoms with van der Waals surface area (Å²) in [6.45, 7) is 6.12. The van der Waals surface area contributed by atoms with Gasteiger partial charge in [-0.2, -0.15) is 0 Å². The number of nitrogens with zero attached hydrogens (tertiary/aromatic N) is 2. The second kappa shape index (κ2) is 5.24. The van der Waals surface area contributed by atoms with Gasteiger partial charge in [0, 0.05) is 19.1 Å². The van der Waals surface area contributed by atoms with Gasteiger partial charge in [-0.3, -0.25) is 4.79 Å². The van der Waals surface area contributed by atoms with Gasteiger partial charge in [0.2, 0.25) is 0 Å². The Balaban J connectivity index is 1.69. The number of carbonyl (C=O) groups excluding carboxylic acids is 1. The molecule has 20 heavy (non-hydrogen) atoms. The summed E-state index contributed by atoms with van der Waals surface area (Å²) >= 11 is 1.39. The molecule has 1 saturated carbocycles. The van der Waals surface area contributed by atoms with Crippen LogP contribution in [0.25, 0.3) is 0 Å². The van der Waals surface area contributed by atoms with Crippen molar-refractivity contribution in [3.63, 3.8) is 0 Å². The Morgan fingerprint density at radius 2 is 2.20 bits per heavy atom. The summed E-state index contributed by atoms with van der Waals surface area (Å²) in [5.74, 6) is 1.65. The van der Waals surface area contributed by atoms with Crippen LogP contribution >= 0.6 is 11.3 Å². The maximum atomic E-state index is 12.5. The Morgan fingerprint density at radius 3 is 2.80 bits per heavy atom. The summed E-state index contributed by atoms with van der Waals surface area (Å²) in [6.07, 6.45) is 3.46. The Hall–Kier alpha value is -1.30. The molecule has 1 saturated heterocycles. The fourth-order valence-corrected chi connectivity index (χ4v) is 3.54. The van der Waals surface area contributed by atoms with Crippen molar-refractivity contribution in [1.29, 1.82) is 0 Å². The number of hydrogen-bond acceptors (Lipinski definition) is 5. The summed E-state index contributed by atoms with van der Waals surface area (Å²) in [4.78, 5) is 19.3. The van der Waals surface area contributed by atoms with Crippen LogP contribution in [-0.4, -0.2) is 34.9 Å². The number of amides is 1. The molecule has 1 unspecified atom stereocenters. The number of aromatic nitrogens is 1. The third-order valence-corrected chi connectivity index (χ3v) is 5.20. The Kier molecular flexibility index (Phi) is 3.58. The number of nitrogens with one attached hydrogen (secondary N) is 1. The predicted octanol–water partition coefficient (Wildman–Crippen LogP) is 2.42. The second-order valence-corrected chi connectivity index (χ2v) is 7.20. The topological polar surface area (TPSA) is 71.2 Å². The molecular formula is C14H22N4OS. The van der Waals surface area contributed by atoms with Crippen molar-refractivity contribution < 1.29 is 4.79 Å². The zero-order chi connectivity index (χ0) is 14.3. The van der Waals surface area contributed by atoms with Crippen LogP contribution in [0.3, 0.4) is 0 Å². The molecule has 1 amide bonds. The molecule has 0 spiro atoms. The van der Waals surface area contributed by atoms with Crippen LogP contribution in [0.5, 0.6) is 0 Å². The average Bonchev–Trinajstić information content (AvgIpc) is 2.93. The SMILES string of the molecule is CC(C)C1CCN(C(=O)c2sc(NC3CC3)nc2N)C1. The van der Waals surface area contributed by atoms with Crippen LogP contribution in [0, 0.1) is 11.8 Å². The molecule has 3 N–H and O–H groups in total. The standard InChI is InChI=1S/C14H22N4OS/c1-8(2)9-5-6-18(7-9)13(19)11-12(15)17-14(20-11)16-10-3-4-10/h8-10H,3-7,15H2,1-2H3,(H,16,17). The fraction of sp³-hybridized carbons (Fsp3) is 0.714. The minimum absolute atomic E-state index is 0.0481.